The summed E-state index contributed by atoms with van der Waals surface area (Å²) in [5.74, 6) is -0.552. The van der Waals surface area contributed by atoms with Gasteiger partial charge in [0.2, 0.25) is 0 Å². The van der Waals surface area contributed by atoms with E-state index in [1.165, 1.54) is 26.4 Å². The van der Waals surface area contributed by atoms with E-state index in [0.717, 1.165) is 6.07 Å². The summed E-state index contributed by atoms with van der Waals surface area (Å²) in [4.78, 5) is 37.4. The molecule has 0 atom stereocenters. The van der Waals surface area contributed by atoms with Crippen LogP contribution in [0.2, 0.25) is 0 Å². The molecular weight excluding hydrogens is 422 g/mol. The minimum atomic E-state index is -0.852. The lowest BCUT2D eigenvalue weighted by molar-refractivity contribution is -0.384. The largest absolute Gasteiger partial charge is 0.497 e. The molecule has 0 saturated carbocycles. The highest BCUT2D eigenvalue weighted by Gasteiger charge is 2.24. The lowest BCUT2D eigenvalue weighted by atomic mass is 10.1. The van der Waals surface area contributed by atoms with Gasteiger partial charge in [0.1, 0.15) is 17.2 Å². The van der Waals surface area contributed by atoms with Gasteiger partial charge >= 0.3 is 5.97 Å². The van der Waals surface area contributed by atoms with Gasteiger partial charge in [-0.25, -0.2) is 4.79 Å². The third-order valence-corrected chi connectivity index (χ3v) is 4.77. The number of rotatable bonds is 8. The number of nitro groups is 1. The molecule has 0 aromatic heterocycles. The van der Waals surface area contributed by atoms with Crippen molar-refractivity contribution in [2.45, 2.75) is 0 Å². The van der Waals surface area contributed by atoms with Crippen LogP contribution in [0.25, 0.3) is 0 Å². The highest BCUT2D eigenvalue weighted by molar-refractivity contribution is 5.97. The number of carbonyl (C=O) groups is 2. The third-order valence-electron chi connectivity index (χ3n) is 4.77. The molecule has 170 valence electrons. The van der Waals surface area contributed by atoms with E-state index in [1.54, 1.807) is 18.2 Å². The summed E-state index contributed by atoms with van der Waals surface area (Å²) in [6.07, 6.45) is 0. The fraction of sp³-hybridized carbons (Fsp3) is 0.333. The van der Waals surface area contributed by atoms with E-state index in [4.69, 9.17) is 18.9 Å². The number of nitrogens with one attached hydrogen (secondary N) is 1. The molecule has 0 spiro atoms. The molecule has 32 heavy (non-hydrogen) atoms. The number of morpholine rings is 1. The fourth-order valence-electron chi connectivity index (χ4n) is 3.18. The first-order valence-electron chi connectivity index (χ1n) is 9.73. The van der Waals surface area contributed by atoms with Crippen LogP contribution in [0, 0.1) is 10.1 Å². The molecule has 1 amide bonds. The Labute approximate surface area is 184 Å². The second kappa shape index (κ2) is 10.4. The molecule has 11 nitrogen and oxygen atoms in total. The van der Waals surface area contributed by atoms with Gasteiger partial charge in [-0.05, 0) is 24.3 Å². The Balaban J connectivity index is 1.66. The summed E-state index contributed by atoms with van der Waals surface area (Å²) in [6.45, 7) is 1.37. The minimum Gasteiger partial charge on any atom is -0.497 e. The predicted octanol–water partition coefficient (Wildman–Crippen LogP) is 2.24. The Morgan fingerprint density at radius 1 is 1.12 bits per heavy atom. The quantitative estimate of drug-likeness (QED) is 0.369. The number of hydrogen-bond acceptors (Lipinski definition) is 9. The Morgan fingerprint density at radius 2 is 1.88 bits per heavy atom. The summed E-state index contributed by atoms with van der Waals surface area (Å²) >= 11 is 0. The maximum atomic E-state index is 12.4. The Kier molecular flexibility index (Phi) is 7.45. The average Bonchev–Trinajstić information content (AvgIpc) is 2.82. The normalized spacial score (nSPS) is 13.2. The number of amides is 1. The molecule has 0 bridgehead atoms. The molecule has 11 heteroatoms. The van der Waals surface area contributed by atoms with Crippen LogP contribution < -0.4 is 19.7 Å². The number of methoxy groups -OCH3 is 2. The minimum absolute atomic E-state index is 0.0273. The maximum Gasteiger partial charge on any atom is 0.338 e. The van der Waals surface area contributed by atoms with Crippen LogP contribution >= 0.6 is 0 Å². The van der Waals surface area contributed by atoms with Gasteiger partial charge in [0.25, 0.3) is 11.6 Å². The van der Waals surface area contributed by atoms with Gasteiger partial charge in [0.15, 0.2) is 6.61 Å². The molecule has 2 aromatic rings. The van der Waals surface area contributed by atoms with Crippen LogP contribution in [-0.2, 0) is 14.3 Å². The van der Waals surface area contributed by atoms with E-state index in [9.17, 15) is 19.7 Å². The number of carbonyl (C=O) groups excluding carboxylic acids is 2. The van der Waals surface area contributed by atoms with E-state index in [-0.39, 0.29) is 11.3 Å². The van der Waals surface area contributed by atoms with Gasteiger partial charge < -0.3 is 29.2 Å². The third kappa shape index (κ3) is 5.43. The van der Waals surface area contributed by atoms with Crippen molar-refractivity contribution < 1.29 is 33.5 Å². The van der Waals surface area contributed by atoms with Gasteiger partial charge in [-0.3, -0.25) is 14.9 Å². The van der Waals surface area contributed by atoms with Crippen LogP contribution in [0.5, 0.6) is 11.5 Å². The molecule has 1 aliphatic rings. The summed E-state index contributed by atoms with van der Waals surface area (Å²) in [6, 6.07) is 8.93. The first kappa shape index (κ1) is 22.8. The SMILES string of the molecule is COc1ccc(OC)c(NC(=O)COC(=O)c2ccc(N3CCOCC3)c([N+](=O)[O-])c2)c1. The summed E-state index contributed by atoms with van der Waals surface area (Å²) in [5, 5.41) is 14.1. The number of anilines is 2. The lowest BCUT2D eigenvalue weighted by Gasteiger charge is -2.28. The number of hydrogen-bond donors (Lipinski definition) is 1. The molecule has 1 fully saturated rings. The monoisotopic (exact) mass is 445 g/mol. The standard InChI is InChI=1S/C21H23N3O8/c1-29-15-4-6-19(30-2)16(12-15)22-20(25)13-32-21(26)14-3-5-17(18(11-14)24(27)28)23-7-9-31-10-8-23/h3-6,11-12H,7-10,13H2,1-2H3,(H,22,25). The summed E-state index contributed by atoms with van der Waals surface area (Å²) in [5.41, 5.74) is 0.503. The number of benzene rings is 2. The van der Waals surface area contributed by atoms with Crippen molar-refractivity contribution in [3.63, 3.8) is 0 Å². The van der Waals surface area contributed by atoms with Crippen molar-refractivity contribution in [2.24, 2.45) is 0 Å². The second-order valence-corrected chi connectivity index (χ2v) is 6.75. The highest BCUT2D eigenvalue weighted by atomic mass is 16.6. The van der Waals surface area contributed by atoms with E-state index in [0.29, 0.717) is 49.2 Å². The Morgan fingerprint density at radius 3 is 2.53 bits per heavy atom. The fourth-order valence-corrected chi connectivity index (χ4v) is 3.18. The maximum absolute atomic E-state index is 12.4. The molecule has 3 rings (SSSR count). The molecule has 1 heterocycles. The summed E-state index contributed by atoms with van der Waals surface area (Å²) < 4.78 is 20.6. The molecule has 0 radical (unpaired) electrons. The van der Waals surface area contributed by atoms with Crippen molar-refractivity contribution in [3.05, 3.63) is 52.1 Å². The van der Waals surface area contributed by atoms with Gasteiger partial charge in [-0.15, -0.1) is 0 Å². The van der Waals surface area contributed by atoms with Crippen LogP contribution in [0.1, 0.15) is 10.4 Å². The Hall–Kier alpha value is -3.86. The number of nitro benzene ring substituents is 1. The zero-order valence-electron chi connectivity index (χ0n) is 17.7. The molecule has 1 N–H and O–H groups in total. The molecule has 1 aliphatic heterocycles. The first-order chi connectivity index (χ1) is 15.4. The van der Waals surface area contributed by atoms with E-state index in [1.807, 2.05) is 4.90 Å². The van der Waals surface area contributed by atoms with Crippen molar-refractivity contribution in [1.29, 1.82) is 0 Å². The number of esters is 1. The van der Waals surface area contributed by atoms with Gasteiger partial charge in [-0.2, -0.15) is 0 Å². The smallest absolute Gasteiger partial charge is 0.338 e. The zero-order valence-corrected chi connectivity index (χ0v) is 17.7. The first-order valence-corrected chi connectivity index (χ1v) is 9.73. The molecule has 2 aromatic carbocycles. The Bertz CT molecular complexity index is 1000. The van der Waals surface area contributed by atoms with Crippen LogP contribution in [0.3, 0.4) is 0 Å². The van der Waals surface area contributed by atoms with Crippen LogP contribution in [-0.4, -0.2) is 63.9 Å². The zero-order chi connectivity index (χ0) is 23.1. The van der Waals surface area contributed by atoms with Crippen molar-refractivity contribution in [1.82, 2.24) is 0 Å². The highest BCUT2D eigenvalue weighted by Crippen LogP contribution is 2.31. The summed E-state index contributed by atoms with van der Waals surface area (Å²) in [7, 11) is 2.93. The average molecular weight is 445 g/mol. The topological polar surface area (TPSA) is 129 Å². The predicted molar refractivity (Wildman–Crippen MR) is 115 cm³/mol. The van der Waals surface area contributed by atoms with E-state index < -0.39 is 23.4 Å². The van der Waals surface area contributed by atoms with E-state index in [2.05, 4.69) is 5.32 Å². The lowest BCUT2D eigenvalue weighted by Crippen LogP contribution is -2.36. The van der Waals surface area contributed by atoms with Crippen LogP contribution in [0.15, 0.2) is 36.4 Å². The van der Waals surface area contributed by atoms with Gasteiger partial charge in [0.05, 0.1) is 43.6 Å². The molecule has 1 saturated heterocycles. The van der Waals surface area contributed by atoms with E-state index >= 15 is 0 Å². The van der Waals surface area contributed by atoms with Crippen molar-refractivity contribution in [3.8, 4) is 11.5 Å². The van der Waals surface area contributed by atoms with Gasteiger partial charge in [0, 0.05) is 25.2 Å². The van der Waals surface area contributed by atoms with Crippen LogP contribution in [0.4, 0.5) is 17.1 Å². The molecule has 0 unspecified atom stereocenters. The molecule has 0 aliphatic carbocycles. The second-order valence-electron chi connectivity index (χ2n) is 6.75. The number of ether oxygens (including phenoxy) is 4. The number of nitrogens with zero attached hydrogens (tertiary/aromatic N) is 2. The van der Waals surface area contributed by atoms with Crippen molar-refractivity contribution in [2.75, 3.05) is 57.3 Å². The van der Waals surface area contributed by atoms with Gasteiger partial charge in [-0.1, -0.05) is 0 Å². The molecular formula is C21H23N3O8. The van der Waals surface area contributed by atoms with Crippen molar-refractivity contribution >= 4 is 28.9 Å².